The van der Waals surface area contributed by atoms with Gasteiger partial charge in [-0.3, -0.25) is 19.1 Å². The molecule has 0 unspecified atom stereocenters. The third-order valence-corrected chi connectivity index (χ3v) is 3.72. The van der Waals surface area contributed by atoms with Crippen LogP contribution in [0.4, 0.5) is 10.5 Å². The minimum absolute atomic E-state index is 0.121. The Bertz CT molecular complexity index is 1020. The number of fused-ring (bicyclic) bond motifs is 1. The number of carbonyl (C=O) groups excluding carboxylic acids is 3. The van der Waals surface area contributed by atoms with Crippen LogP contribution < -0.4 is 16.8 Å². The van der Waals surface area contributed by atoms with Crippen LogP contribution in [0.1, 0.15) is 26.5 Å². The molecule has 0 aliphatic rings. The molecule has 0 saturated carbocycles. The lowest BCUT2D eigenvalue weighted by Gasteiger charge is -2.07. The van der Waals surface area contributed by atoms with Gasteiger partial charge in [-0.25, -0.2) is 4.79 Å². The number of nitrogens with two attached hydrogens (primary N) is 2. The molecule has 25 heavy (non-hydrogen) atoms. The van der Waals surface area contributed by atoms with Gasteiger partial charge in [-0.15, -0.1) is 0 Å². The lowest BCUT2D eigenvalue weighted by atomic mass is 10.2. The number of amides is 3. The fourth-order valence-electron chi connectivity index (χ4n) is 2.67. The topological polar surface area (TPSA) is 133 Å². The second-order valence-corrected chi connectivity index (χ2v) is 5.45. The number of hydrogen-bond donors (Lipinski definition) is 3. The molecule has 3 amide bonds. The van der Waals surface area contributed by atoms with Crippen molar-refractivity contribution in [2.75, 3.05) is 5.32 Å². The zero-order valence-electron chi connectivity index (χ0n) is 13.3. The van der Waals surface area contributed by atoms with Gasteiger partial charge in [0, 0.05) is 11.6 Å². The predicted octanol–water partition coefficient (Wildman–Crippen LogP) is 1.62. The molecule has 5 N–H and O–H groups in total. The number of aromatic nitrogens is 2. The van der Waals surface area contributed by atoms with E-state index in [1.54, 1.807) is 36.4 Å². The van der Waals surface area contributed by atoms with Crippen molar-refractivity contribution in [3.8, 4) is 0 Å². The molecule has 126 valence electrons. The molecule has 3 rings (SSSR count). The molecule has 0 radical (unpaired) electrons. The third kappa shape index (κ3) is 2.80. The Kier molecular flexibility index (Phi) is 3.94. The molecule has 0 atom stereocenters. The van der Waals surface area contributed by atoms with E-state index in [2.05, 4.69) is 10.3 Å². The molecule has 2 heterocycles. The first-order valence-electron chi connectivity index (χ1n) is 7.37. The molecular formula is C17H15N5O3. The van der Waals surface area contributed by atoms with Crippen LogP contribution in [0.25, 0.3) is 10.9 Å². The van der Waals surface area contributed by atoms with E-state index in [0.29, 0.717) is 10.9 Å². The van der Waals surface area contributed by atoms with Gasteiger partial charge in [0.2, 0.25) is 0 Å². The van der Waals surface area contributed by atoms with Gasteiger partial charge >= 0.3 is 6.03 Å². The van der Waals surface area contributed by atoms with Gasteiger partial charge in [-0.1, -0.05) is 18.2 Å². The second-order valence-electron chi connectivity index (χ2n) is 5.45. The zero-order chi connectivity index (χ0) is 18.1. The van der Waals surface area contributed by atoms with Crippen LogP contribution in [0.2, 0.25) is 0 Å². The third-order valence-electron chi connectivity index (χ3n) is 3.72. The Balaban J connectivity index is 2.18. The summed E-state index contributed by atoms with van der Waals surface area (Å²) in [6.45, 7) is 1.83. The molecule has 0 fully saturated rings. The SMILES string of the molecule is Cc1ccnc(C(=O)Nc2c(C(N)=O)n(C(N)=O)c3ccccc23)c1. The van der Waals surface area contributed by atoms with Crippen molar-refractivity contribution in [2.45, 2.75) is 6.92 Å². The standard InChI is InChI=1S/C17H15N5O3/c1-9-6-7-20-11(8-9)16(24)21-13-10-4-2-3-5-12(10)22(17(19)25)14(13)15(18)23/h2-8H,1H3,(H2,18,23)(H2,19,25)(H,21,24). The number of rotatable bonds is 3. The van der Waals surface area contributed by atoms with Gasteiger partial charge in [0.25, 0.3) is 11.8 Å². The number of benzene rings is 1. The Morgan fingerprint density at radius 3 is 2.48 bits per heavy atom. The molecule has 0 spiro atoms. The van der Waals surface area contributed by atoms with Gasteiger partial charge in [-0.2, -0.15) is 0 Å². The summed E-state index contributed by atoms with van der Waals surface area (Å²) in [4.78, 5) is 40.2. The molecule has 1 aromatic carbocycles. The van der Waals surface area contributed by atoms with Crippen LogP contribution in [0.3, 0.4) is 0 Å². The highest BCUT2D eigenvalue weighted by atomic mass is 16.2. The monoisotopic (exact) mass is 337 g/mol. The molecule has 2 aromatic heterocycles. The van der Waals surface area contributed by atoms with E-state index < -0.39 is 17.8 Å². The van der Waals surface area contributed by atoms with Crippen molar-refractivity contribution >= 4 is 34.4 Å². The summed E-state index contributed by atoms with van der Waals surface area (Å²) in [6, 6.07) is 9.13. The molecule has 0 bridgehead atoms. The van der Waals surface area contributed by atoms with Crippen molar-refractivity contribution in [3.05, 3.63) is 59.5 Å². The largest absolute Gasteiger partial charge is 0.364 e. The second kappa shape index (κ2) is 6.08. The van der Waals surface area contributed by atoms with Crippen molar-refractivity contribution < 1.29 is 14.4 Å². The molecular weight excluding hydrogens is 322 g/mol. The number of primary amides is 2. The number of nitrogens with one attached hydrogen (secondary N) is 1. The number of hydrogen-bond acceptors (Lipinski definition) is 4. The summed E-state index contributed by atoms with van der Waals surface area (Å²) < 4.78 is 0.983. The van der Waals surface area contributed by atoms with Gasteiger partial charge in [0.15, 0.2) is 0 Å². The maximum atomic E-state index is 12.5. The first-order valence-corrected chi connectivity index (χ1v) is 7.37. The van der Waals surface area contributed by atoms with E-state index in [1.165, 1.54) is 6.20 Å². The molecule has 8 nitrogen and oxygen atoms in total. The summed E-state index contributed by atoms with van der Waals surface area (Å²) in [5.41, 5.74) is 12.1. The lowest BCUT2D eigenvalue weighted by molar-refractivity contribution is 0.0994. The maximum Gasteiger partial charge on any atom is 0.324 e. The Morgan fingerprint density at radius 1 is 1.12 bits per heavy atom. The molecule has 3 aromatic rings. The molecule has 0 saturated heterocycles. The molecule has 0 aliphatic heterocycles. The van der Waals surface area contributed by atoms with E-state index in [9.17, 15) is 14.4 Å². The average molecular weight is 337 g/mol. The highest BCUT2D eigenvalue weighted by molar-refractivity contribution is 6.17. The number of para-hydroxylation sites is 1. The minimum atomic E-state index is -0.887. The van der Waals surface area contributed by atoms with Crippen LogP contribution in [0, 0.1) is 6.92 Å². The van der Waals surface area contributed by atoms with Crippen molar-refractivity contribution in [1.29, 1.82) is 0 Å². The Hall–Kier alpha value is -3.68. The number of nitrogens with zero attached hydrogens (tertiary/aromatic N) is 2. The summed E-state index contributed by atoms with van der Waals surface area (Å²) >= 11 is 0. The van der Waals surface area contributed by atoms with Crippen LogP contribution >= 0.6 is 0 Å². The predicted molar refractivity (Wildman–Crippen MR) is 92.4 cm³/mol. The van der Waals surface area contributed by atoms with Crippen LogP contribution in [-0.2, 0) is 0 Å². The smallest absolute Gasteiger partial charge is 0.324 e. The van der Waals surface area contributed by atoms with Crippen molar-refractivity contribution in [2.24, 2.45) is 11.5 Å². The van der Waals surface area contributed by atoms with Crippen LogP contribution in [0.5, 0.6) is 0 Å². The molecule has 0 aliphatic carbocycles. The maximum absolute atomic E-state index is 12.5. The van der Waals surface area contributed by atoms with Crippen molar-refractivity contribution in [3.63, 3.8) is 0 Å². The number of pyridine rings is 1. The first-order chi connectivity index (χ1) is 11.9. The van der Waals surface area contributed by atoms with E-state index in [-0.39, 0.29) is 17.1 Å². The molecule has 8 heteroatoms. The normalized spacial score (nSPS) is 10.6. The van der Waals surface area contributed by atoms with E-state index in [1.807, 2.05) is 6.92 Å². The van der Waals surface area contributed by atoms with Gasteiger partial charge < -0.3 is 16.8 Å². The van der Waals surface area contributed by atoms with Gasteiger partial charge in [0.05, 0.1) is 11.2 Å². The Labute approximate surface area is 142 Å². The van der Waals surface area contributed by atoms with Crippen LogP contribution in [-0.4, -0.2) is 27.4 Å². The van der Waals surface area contributed by atoms with E-state index in [4.69, 9.17) is 11.5 Å². The minimum Gasteiger partial charge on any atom is -0.364 e. The summed E-state index contributed by atoms with van der Waals surface area (Å²) in [5, 5.41) is 3.09. The van der Waals surface area contributed by atoms with E-state index in [0.717, 1.165) is 10.1 Å². The highest BCUT2D eigenvalue weighted by Gasteiger charge is 2.25. The average Bonchev–Trinajstić information content (AvgIpc) is 2.90. The number of anilines is 1. The van der Waals surface area contributed by atoms with Crippen LogP contribution in [0.15, 0.2) is 42.6 Å². The van der Waals surface area contributed by atoms with Gasteiger partial charge in [0.1, 0.15) is 11.4 Å². The first kappa shape index (κ1) is 16.2. The summed E-state index contributed by atoms with van der Waals surface area (Å²) in [5.74, 6) is -1.42. The number of aryl methyl sites for hydroxylation is 1. The van der Waals surface area contributed by atoms with Crippen molar-refractivity contribution in [1.82, 2.24) is 9.55 Å². The highest BCUT2D eigenvalue weighted by Crippen LogP contribution is 2.31. The zero-order valence-corrected chi connectivity index (χ0v) is 13.3. The summed E-state index contributed by atoms with van der Waals surface area (Å²) in [6.07, 6.45) is 1.51. The summed E-state index contributed by atoms with van der Waals surface area (Å²) in [7, 11) is 0. The van der Waals surface area contributed by atoms with E-state index >= 15 is 0 Å². The number of carbonyl (C=O) groups is 3. The fourth-order valence-corrected chi connectivity index (χ4v) is 2.67. The Morgan fingerprint density at radius 2 is 1.84 bits per heavy atom. The fraction of sp³-hybridized carbons (Fsp3) is 0.0588. The quantitative estimate of drug-likeness (QED) is 0.669. The lowest BCUT2D eigenvalue weighted by Crippen LogP contribution is -2.27. The van der Waals surface area contributed by atoms with Gasteiger partial charge in [-0.05, 0) is 30.7 Å².